The second-order valence-electron chi connectivity index (χ2n) is 2.59. The second-order valence-corrected chi connectivity index (χ2v) is 2.59. The van der Waals surface area contributed by atoms with Gasteiger partial charge in [-0.15, -0.1) is 0 Å². The van der Waals surface area contributed by atoms with Crippen molar-refractivity contribution in [3.05, 3.63) is 0 Å². The third kappa shape index (κ3) is 1.70. The first-order valence-electron chi connectivity index (χ1n) is 3.77. The summed E-state index contributed by atoms with van der Waals surface area (Å²) in [4.78, 5) is 12.9. The summed E-state index contributed by atoms with van der Waals surface area (Å²) in [6.45, 7) is 2.74. The molecule has 0 aliphatic carbocycles. The summed E-state index contributed by atoms with van der Waals surface area (Å²) in [6.07, 6.45) is 1.80. The number of hydrogen-bond acceptors (Lipinski definition) is 2. The van der Waals surface area contributed by atoms with E-state index in [1.807, 2.05) is 11.9 Å². The van der Waals surface area contributed by atoms with Crippen molar-refractivity contribution in [2.75, 3.05) is 26.7 Å². The molecule has 3 nitrogen and oxygen atoms in total. The molecule has 1 amide bonds. The fraction of sp³-hybridized carbons (Fsp3) is 0.857. The summed E-state index contributed by atoms with van der Waals surface area (Å²) >= 11 is 0. The zero-order valence-electron chi connectivity index (χ0n) is 6.39. The van der Waals surface area contributed by atoms with Gasteiger partial charge in [0, 0.05) is 26.1 Å². The van der Waals surface area contributed by atoms with Gasteiger partial charge in [-0.3, -0.25) is 4.79 Å². The smallest absolute Gasteiger partial charge is 0.222 e. The van der Waals surface area contributed by atoms with E-state index in [-0.39, 0.29) is 0 Å². The van der Waals surface area contributed by atoms with Crippen molar-refractivity contribution in [3.63, 3.8) is 0 Å². The number of rotatable bonds is 3. The van der Waals surface area contributed by atoms with Gasteiger partial charge in [0.25, 0.3) is 0 Å². The van der Waals surface area contributed by atoms with Crippen LogP contribution in [0, 0.1) is 0 Å². The Morgan fingerprint density at radius 1 is 1.70 bits per heavy atom. The zero-order chi connectivity index (χ0) is 7.40. The molecule has 1 saturated heterocycles. The minimum atomic E-state index is 0.315. The number of hydrogen-bond donors (Lipinski definition) is 1. The first-order chi connectivity index (χ1) is 4.84. The van der Waals surface area contributed by atoms with E-state index in [9.17, 15) is 4.79 Å². The standard InChI is InChI=1S/C7H14N2O/c1-8-4-6-9-5-2-3-7(9)10/h8H,2-6H2,1H3. The van der Waals surface area contributed by atoms with Crippen molar-refractivity contribution in [2.24, 2.45) is 0 Å². The van der Waals surface area contributed by atoms with E-state index < -0.39 is 0 Å². The monoisotopic (exact) mass is 142 g/mol. The number of nitrogens with zero attached hydrogens (tertiary/aromatic N) is 1. The number of nitrogens with one attached hydrogen (secondary N) is 1. The number of likely N-dealkylation sites (tertiary alicyclic amines) is 1. The molecule has 0 aromatic heterocycles. The quantitative estimate of drug-likeness (QED) is 0.593. The molecular formula is C7H14N2O. The maximum Gasteiger partial charge on any atom is 0.222 e. The van der Waals surface area contributed by atoms with Crippen LogP contribution in [0.4, 0.5) is 0 Å². The summed E-state index contributed by atoms with van der Waals surface area (Å²) in [5.41, 5.74) is 0. The lowest BCUT2D eigenvalue weighted by Crippen LogP contribution is -2.31. The average molecular weight is 142 g/mol. The van der Waals surface area contributed by atoms with Gasteiger partial charge in [0.05, 0.1) is 0 Å². The summed E-state index contributed by atoms with van der Waals surface area (Å²) in [7, 11) is 1.90. The van der Waals surface area contributed by atoms with Crippen LogP contribution in [0.2, 0.25) is 0 Å². The van der Waals surface area contributed by atoms with E-state index >= 15 is 0 Å². The van der Waals surface area contributed by atoms with Gasteiger partial charge in [0.1, 0.15) is 0 Å². The Kier molecular flexibility index (Phi) is 2.68. The molecular weight excluding hydrogens is 128 g/mol. The number of carbonyl (C=O) groups is 1. The Balaban J connectivity index is 2.20. The number of amides is 1. The van der Waals surface area contributed by atoms with Crippen molar-refractivity contribution < 1.29 is 4.79 Å². The molecule has 1 heterocycles. The molecule has 58 valence electrons. The van der Waals surface area contributed by atoms with Crippen LogP contribution < -0.4 is 5.32 Å². The van der Waals surface area contributed by atoms with E-state index in [1.165, 1.54) is 0 Å². The summed E-state index contributed by atoms with van der Waals surface area (Å²) in [5, 5.41) is 3.02. The lowest BCUT2D eigenvalue weighted by molar-refractivity contribution is -0.127. The van der Waals surface area contributed by atoms with Gasteiger partial charge < -0.3 is 10.2 Å². The zero-order valence-corrected chi connectivity index (χ0v) is 6.39. The Hall–Kier alpha value is -0.570. The molecule has 0 atom stereocenters. The van der Waals surface area contributed by atoms with Crippen LogP contribution in [0.3, 0.4) is 0 Å². The van der Waals surface area contributed by atoms with Gasteiger partial charge in [-0.2, -0.15) is 0 Å². The first kappa shape index (κ1) is 7.54. The van der Waals surface area contributed by atoms with Crippen LogP contribution >= 0.6 is 0 Å². The molecule has 1 fully saturated rings. The summed E-state index contributed by atoms with van der Waals surface area (Å²) < 4.78 is 0. The molecule has 0 spiro atoms. The van der Waals surface area contributed by atoms with Crippen molar-refractivity contribution in [3.8, 4) is 0 Å². The van der Waals surface area contributed by atoms with Crippen LogP contribution in [0.15, 0.2) is 0 Å². The Labute approximate surface area is 61.4 Å². The molecule has 3 heteroatoms. The van der Waals surface area contributed by atoms with E-state index in [2.05, 4.69) is 5.32 Å². The Morgan fingerprint density at radius 3 is 3.00 bits per heavy atom. The fourth-order valence-electron chi connectivity index (χ4n) is 1.19. The molecule has 0 unspecified atom stereocenters. The lowest BCUT2D eigenvalue weighted by atomic mass is 10.4. The molecule has 1 rings (SSSR count). The van der Waals surface area contributed by atoms with Crippen LogP contribution in [-0.4, -0.2) is 37.5 Å². The van der Waals surface area contributed by atoms with E-state index in [0.717, 1.165) is 32.5 Å². The summed E-state index contributed by atoms with van der Waals surface area (Å²) in [6, 6.07) is 0. The van der Waals surface area contributed by atoms with Gasteiger partial charge >= 0.3 is 0 Å². The molecule has 0 radical (unpaired) electrons. The number of likely N-dealkylation sites (N-methyl/N-ethyl adjacent to an activating group) is 1. The SMILES string of the molecule is CNCCN1CCCC1=O. The van der Waals surface area contributed by atoms with Crippen molar-refractivity contribution in [1.82, 2.24) is 10.2 Å². The maximum atomic E-state index is 11.0. The number of carbonyl (C=O) groups excluding carboxylic acids is 1. The van der Waals surface area contributed by atoms with Gasteiger partial charge in [-0.1, -0.05) is 0 Å². The lowest BCUT2D eigenvalue weighted by Gasteiger charge is -2.14. The summed E-state index contributed by atoms with van der Waals surface area (Å²) in [5.74, 6) is 0.315. The molecule has 1 aliphatic rings. The molecule has 0 saturated carbocycles. The second kappa shape index (κ2) is 3.56. The Bertz CT molecular complexity index is 125. The minimum absolute atomic E-state index is 0.315. The van der Waals surface area contributed by atoms with E-state index in [4.69, 9.17) is 0 Å². The third-order valence-electron chi connectivity index (χ3n) is 1.80. The van der Waals surface area contributed by atoms with Gasteiger partial charge in [-0.05, 0) is 13.5 Å². The van der Waals surface area contributed by atoms with Crippen molar-refractivity contribution in [2.45, 2.75) is 12.8 Å². The minimum Gasteiger partial charge on any atom is -0.341 e. The molecule has 10 heavy (non-hydrogen) atoms. The molecule has 1 N–H and O–H groups in total. The van der Waals surface area contributed by atoms with E-state index in [0.29, 0.717) is 5.91 Å². The normalized spacial score (nSPS) is 18.5. The van der Waals surface area contributed by atoms with Crippen LogP contribution in [0.1, 0.15) is 12.8 Å². The fourth-order valence-corrected chi connectivity index (χ4v) is 1.19. The first-order valence-corrected chi connectivity index (χ1v) is 3.77. The van der Waals surface area contributed by atoms with Gasteiger partial charge in [0.2, 0.25) is 5.91 Å². The topological polar surface area (TPSA) is 32.3 Å². The van der Waals surface area contributed by atoms with Gasteiger partial charge in [0.15, 0.2) is 0 Å². The highest BCUT2D eigenvalue weighted by molar-refractivity contribution is 5.78. The molecule has 1 aliphatic heterocycles. The van der Waals surface area contributed by atoms with Crippen LogP contribution in [-0.2, 0) is 4.79 Å². The van der Waals surface area contributed by atoms with E-state index in [1.54, 1.807) is 0 Å². The Morgan fingerprint density at radius 2 is 2.50 bits per heavy atom. The van der Waals surface area contributed by atoms with Crippen molar-refractivity contribution >= 4 is 5.91 Å². The molecule has 0 bridgehead atoms. The van der Waals surface area contributed by atoms with Crippen molar-refractivity contribution in [1.29, 1.82) is 0 Å². The maximum absolute atomic E-state index is 11.0. The van der Waals surface area contributed by atoms with Gasteiger partial charge in [-0.25, -0.2) is 0 Å². The molecule has 0 aromatic rings. The predicted octanol–water partition coefficient (Wildman–Crippen LogP) is -0.172. The highest BCUT2D eigenvalue weighted by Gasteiger charge is 2.18. The average Bonchev–Trinajstić information content (AvgIpc) is 2.31. The highest BCUT2D eigenvalue weighted by atomic mass is 16.2. The van der Waals surface area contributed by atoms with Crippen LogP contribution in [0.5, 0.6) is 0 Å². The molecule has 0 aromatic carbocycles. The highest BCUT2D eigenvalue weighted by Crippen LogP contribution is 2.07. The third-order valence-corrected chi connectivity index (χ3v) is 1.80. The largest absolute Gasteiger partial charge is 0.341 e. The van der Waals surface area contributed by atoms with Crippen LogP contribution in [0.25, 0.3) is 0 Å². The predicted molar refractivity (Wildman–Crippen MR) is 39.7 cm³/mol.